The van der Waals surface area contributed by atoms with E-state index in [4.69, 9.17) is 9.47 Å². The average molecular weight is 412 g/mol. The zero-order valence-electron chi connectivity index (χ0n) is 17.6. The molecular weight excluding hydrogens is 388 g/mol. The third-order valence-corrected chi connectivity index (χ3v) is 5.44. The molecule has 4 nitrogen and oxygen atoms in total. The average Bonchev–Trinajstić information content (AvgIpc) is 3.03. The van der Waals surface area contributed by atoms with Crippen molar-refractivity contribution in [3.05, 3.63) is 101 Å². The highest BCUT2D eigenvalue weighted by atomic mass is 16.5. The molecule has 0 amide bonds. The number of ether oxygens (including phenoxy) is 2. The summed E-state index contributed by atoms with van der Waals surface area (Å²) in [7, 11) is 1.61. The lowest BCUT2D eigenvalue weighted by Gasteiger charge is -2.09. The van der Waals surface area contributed by atoms with Crippen LogP contribution in [-0.4, -0.2) is 18.2 Å². The van der Waals surface area contributed by atoms with Crippen molar-refractivity contribution >= 4 is 23.2 Å². The molecular formula is C27H24O4. The standard InChI is InChI=1S/C27H24O4/c1-18-24(23-12-11-21(30-2)15-26(23)25(18)16-27(28)29)14-20-9-6-10-22(13-20)31-17-19-7-4-3-5-8-19/h3-15H,16-17H2,1-2H3,(H,28,29)/b24-14-. The lowest BCUT2D eigenvalue weighted by atomic mass is 10.0. The normalized spacial score (nSPS) is 13.9. The molecule has 1 aliphatic carbocycles. The van der Waals surface area contributed by atoms with Gasteiger partial charge in [-0.05, 0) is 76.2 Å². The molecule has 0 saturated carbocycles. The van der Waals surface area contributed by atoms with E-state index >= 15 is 0 Å². The number of carboxylic acids is 1. The second-order valence-electron chi connectivity index (χ2n) is 7.49. The largest absolute Gasteiger partial charge is 0.497 e. The van der Waals surface area contributed by atoms with Crippen LogP contribution >= 0.6 is 0 Å². The quantitative estimate of drug-likeness (QED) is 0.511. The molecule has 0 saturated heterocycles. The minimum absolute atomic E-state index is 0.0242. The molecule has 31 heavy (non-hydrogen) atoms. The Kier molecular flexibility index (Phi) is 5.89. The van der Waals surface area contributed by atoms with E-state index in [0.29, 0.717) is 12.4 Å². The van der Waals surface area contributed by atoms with Crippen LogP contribution in [0, 0.1) is 0 Å². The van der Waals surface area contributed by atoms with Gasteiger partial charge in [0, 0.05) is 0 Å². The fraction of sp³-hybridized carbons (Fsp3) is 0.148. The third kappa shape index (κ3) is 4.53. The summed E-state index contributed by atoms with van der Waals surface area (Å²) in [6.45, 7) is 2.48. The summed E-state index contributed by atoms with van der Waals surface area (Å²) in [4.78, 5) is 11.5. The van der Waals surface area contributed by atoms with Crippen LogP contribution in [0.5, 0.6) is 11.5 Å². The maximum absolute atomic E-state index is 11.5. The number of benzene rings is 3. The van der Waals surface area contributed by atoms with Crippen molar-refractivity contribution < 1.29 is 19.4 Å². The van der Waals surface area contributed by atoms with E-state index < -0.39 is 5.97 Å². The Morgan fingerprint density at radius 3 is 2.48 bits per heavy atom. The van der Waals surface area contributed by atoms with Crippen LogP contribution in [0.15, 0.2) is 78.4 Å². The van der Waals surface area contributed by atoms with Gasteiger partial charge < -0.3 is 14.6 Å². The predicted molar refractivity (Wildman–Crippen MR) is 123 cm³/mol. The number of methoxy groups -OCH3 is 1. The zero-order valence-corrected chi connectivity index (χ0v) is 17.6. The predicted octanol–water partition coefficient (Wildman–Crippen LogP) is 6.08. The van der Waals surface area contributed by atoms with Gasteiger partial charge in [0.2, 0.25) is 0 Å². The Balaban J connectivity index is 1.66. The van der Waals surface area contributed by atoms with Crippen molar-refractivity contribution in [2.45, 2.75) is 20.0 Å². The van der Waals surface area contributed by atoms with Crippen LogP contribution in [0.1, 0.15) is 35.6 Å². The van der Waals surface area contributed by atoms with Gasteiger partial charge in [-0.2, -0.15) is 0 Å². The van der Waals surface area contributed by atoms with E-state index in [1.165, 1.54) is 0 Å². The maximum Gasteiger partial charge on any atom is 0.307 e. The van der Waals surface area contributed by atoms with Crippen LogP contribution in [0.25, 0.3) is 17.2 Å². The van der Waals surface area contributed by atoms with Gasteiger partial charge in [-0.15, -0.1) is 0 Å². The Morgan fingerprint density at radius 1 is 0.935 bits per heavy atom. The Morgan fingerprint density at radius 2 is 1.74 bits per heavy atom. The van der Waals surface area contributed by atoms with E-state index in [9.17, 15) is 9.90 Å². The van der Waals surface area contributed by atoms with E-state index in [2.05, 4.69) is 6.08 Å². The molecule has 0 fully saturated rings. The first-order chi connectivity index (χ1) is 15.0. The minimum atomic E-state index is -0.847. The highest BCUT2D eigenvalue weighted by Gasteiger charge is 2.25. The van der Waals surface area contributed by atoms with Gasteiger partial charge in [-0.3, -0.25) is 4.79 Å². The number of allylic oxidation sites excluding steroid dienone is 2. The van der Waals surface area contributed by atoms with Gasteiger partial charge >= 0.3 is 5.97 Å². The second kappa shape index (κ2) is 8.92. The van der Waals surface area contributed by atoms with E-state index in [-0.39, 0.29) is 6.42 Å². The number of carbonyl (C=O) groups is 1. The summed E-state index contributed by atoms with van der Waals surface area (Å²) < 4.78 is 11.3. The van der Waals surface area contributed by atoms with E-state index in [1.807, 2.05) is 79.7 Å². The van der Waals surface area contributed by atoms with Crippen molar-refractivity contribution in [3.8, 4) is 11.5 Å². The van der Waals surface area contributed by atoms with Crippen LogP contribution in [0.2, 0.25) is 0 Å². The van der Waals surface area contributed by atoms with Gasteiger partial charge in [-0.25, -0.2) is 0 Å². The number of fused-ring (bicyclic) bond motifs is 1. The molecule has 3 aromatic carbocycles. The van der Waals surface area contributed by atoms with Crippen LogP contribution in [0.3, 0.4) is 0 Å². The summed E-state index contributed by atoms with van der Waals surface area (Å²) in [5.41, 5.74) is 6.87. The highest BCUT2D eigenvalue weighted by Crippen LogP contribution is 2.44. The first-order valence-corrected chi connectivity index (χ1v) is 10.1. The van der Waals surface area contributed by atoms with Gasteiger partial charge in [0.05, 0.1) is 13.5 Å². The SMILES string of the molecule is COc1ccc2c(c1)C(CC(=O)O)=C(C)/C2=C/c1cccc(OCc2ccccc2)c1. The second-order valence-corrected chi connectivity index (χ2v) is 7.49. The Labute approximate surface area is 182 Å². The van der Waals surface area contributed by atoms with Crippen LogP contribution in [-0.2, 0) is 11.4 Å². The van der Waals surface area contributed by atoms with Crippen molar-refractivity contribution in [1.29, 1.82) is 0 Å². The Bertz CT molecular complexity index is 1170. The molecule has 4 rings (SSSR count). The molecule has 4 heteroatoms. The summed E-state index contributed by atoms with van der Waals surface area (Å²) >= 11 is 0. The van der Waals surface area contributed by atoms with Crippen LogP contribution in [0.4, 0.5) is 0 Å². The number of rotatable bonds is 7. The van der Waals surface area contributed by atoms with Crippen LogP contribution < -0.4 is 9.47 Å². The molecule has 0 unspecified atom stereocenters. The lowest BCUT2D eigenvalue weighted by Crippen LogP contribution is -1.97. The number of carboxylic acid groups (broad SMARTS) is 1. The molecule has 0 spiro atoms. The lowest BCUT2D eigenvalue weighted by molar-refractivity contribution is -0.135. The topological polar surface area (TPSA) is 55.8 Å². The van der Waals surface area contributed by atoms with Gasteiger partial charge in [0.15, 0.2) is 0 Å². The monoisotopic (exact) mass is 412 g/mol. The molecule has 0 atom stereocenters. The van der Waals surface area contributed by atoms with E-state index in [0.717, 1.165) is 44.7 Å². The van der Waals surface area contributed by atoms with Crippen molar-refractivity contribution in [1.82, 2.24) is 0 Å². The highest BCUT2D eigenvalue weighted by molar-refractivity contribution is 6.07. The molecule has 1 N–H and O–H groups in total. The van der Waals surface area contributed by atoms with Crippen molar-refractivity contribution in [2.75, 3.05) is 7.11 Å². The first-order valence-electron chi connectivity index (χ1n) is 10.1. The maximum atomic E-state index is 11.5. The van der Waals surface area contributed by atoms with Crippen molar-refractivity contribution in [3.63, 3.8) is 0 Å². The number of hydrogen-bond donors (Lipinski definition) is 1. The molecule has 0 heterocycles. The summed E-state index contributed by atoms with van der Waals surface area (Å²) in [5, 5.41) is 9.41. The fourth-order valence-electron chi connectivity index (χ4n) is 3.87. The fourth-order valence-corrected chi connectivity index (χ4v) is 3.87. The molecule has 0 bridgehead atoms. The molecule has 156 valence electrons. The molecule has 0 radical (unpaired) electrons. The summed E-state index contributed by atoms with van der Waals surface area (Å²) in [5.74, 6) is 0.659. The molecule has 1 aliphatic rings. The zero-order chi connectivity index (χ0) is 21.8. The smallest absolute Gasteiger partial charge is 0.307 e. The van der Waals surface area contributed by atoms with E-state index in [1.54, 1.807) is 7.11 Å². The molecule has 3 aromatic rings. The minimum Gasteiger partial charge on any atom is -0.497 e. The third-order valence-electron chi connectivity index (χ3n) is 5.44. The Hall–Kier alpha value is -3.79. The summed E-state index contributed by atoms with van der Waals surface area (Å²) in [6, 6.07) is 23.8. The first kappa shape index (κ1) is 20.5. The number of hydrogen-bond acceptors (Lipinski definition) is 3. The van der Waals surface area contributed by atoms with Gasteiger partial charge in [-0.1, -0.05) is 48.5 Å². The van der Waals surface area contributed by atoms with Gasteiger partial charge in [0.25, 0.3) is 0 Å². The summed E-state index contributed by atoms with van der Waals surface area (Å²) in [6.07, 6.45) is 2.06. The van der Waals surface area contributed by atoms with Gasteiger partial charge in [0.1, 0.15) is 18.1 Å². The van der Waals surface area contributed by atoms with Crippen molar-refractivity contribution in [2.24, 2.45) is 0 Å². The number of aliphatic carboxylic acids is 1. The molecule has 0 aliphatic heterocycles. The molecule has 0 aromatic heterocycles.